The number of ether oxygens (including phenoxy) is 1. The van der Waals surface area contributed by atoms with E-state index in [1.54, 1.807) is 0 Å². The highest BCUT2D eigenvalue weighted by atomic mass is 32.2. The van der Waals surface area contributed by atoms with Gasteiger partial charge in [-0.3, -0.25) is 4.79 Å². The van der Waals surface area contributed by atoms with E-state index in [-0.39, 0.29) is 49.4 Å². The third-order valence-corrected chi connectivity index (χ3v) is 11.0. The van der Waals surface area contributed by atoms with Crippen LogP contribution in [0.2, 0.25) is 0 Å². The molecule has 2 fully saturated rings. The first-order chi connectivity index (χ1) is 19.9. The predicted octanol–water partition coefficient (Wildman–Crippen LogP) is 5.79. The van der Waals surface area contributed by atoms with Crippen LogP contribution in [-0.4, -0.2) is 63.7 Å². The standard InChI is InChI=1S/C28H27F8NO5S/c1-42-24(12-10-18(16-38)11-13-24)23(39)37-15-14-25(17-37,43(40,41)22-8-6-21(29)7-9-22)19-2-4-20(5-3-19)26(30,27(31,32)33)28(34,35)36/h2-9,16,18H,10-15,17H2,1H3. The van der Waals surface area contributed by atoms with Crippen molar-refractivity contribution in [1.82, 2.24) is 4.90 Å². The van der Waals surface area contributed by atoms with Crippen LogP contribution >= 0.6 is 0 Å². The van der Waals surface area contributed by atoms with Crippen LogP contribution in [0, 0.1) is 11.7 Å². The van der Waals surface area contributed by atoms with E-state index in [9.17, 15) is 53.1 Å². The van der Waals surface area contributed by atoms with Gasteiger partial charge in [-0.15, -0.1) is 0 Å². The molecule has 1 saturated carbocycles. The van der Waals surface area contributed by atoms with Crippen molar-refractivity contribution in [2.45, 2.75) is 65.4 Å². The fraction of sp³-hybridized carbons (Fsp3) is 0.500. The summed E-state index contributed by atoms with van der Waals surface area (Å²) in [5.41, 5.74) is -9.21. The molecule has 2 aromatic rings. The Morgan fingerprint density at radius 1 is 0.907 bits per heavy atom. The Morgan fingerprint density at radius 2 is 1.44 bits per heavy atom. The highest BCUT2D eigenvalue weighted by Gasteiger charge is 2.73. The van der Waals surface area contributed by atoms with Gasteiger partial charge in [-0.05, 0) is 61.9 Å². The average Bonchev–Trinajstić information content (AvgIpc) is 3.43. The van der Waals surface area contributed by atoms with Crippen LogP contribution in [0.25, 0.3) is 0 Å². The topological polar surface area (TPSA) is 80.8 Å². The number of amides is 1. The Bertz CT molecular complexity index is 1440. The summed E-state index contributed by atoms with van der Waals surface area (Å²) in [4.78, 5) is 25.7. The maximum atomic E-state index is 14.7. The fourth-order valence-electron chi connectivity index (χ4n) is 5.93. The zero-order valence-electron chi connectivity index (χ0n) is 22.6. The number of nitrogens with zero attached hydrogens (tertiary/aromatic N) is 1. The van der Waals surface area contributed by atoms with Crippen LogP contribution in [-0.2, 0) is 34.6 Å². The van der Waals surface area contributed by atoms with Crippen molar-refractivity contribution in [3.63, 3.8) is 0 Å². The minimum atomic E-state index is -6.38. The number of halogens is 8. The highest BCUT2D eigenvalue weighted by molar-refractivity contribution is 7.92. The van der Waals surface area contributed by atoms with Crippen LogP contribution < -0.4 is 0 Å². The molecule has 43 heavy (non-hydrogen) atoms. The smallest absolute Gasteiger partial charge is 0.368 e. The Balaban J connectivity index is 1.80. The molecule has 2 aromatic carbocycles. The lowest BCUT2D eigenvalue weighted by Gasteiger charge is -2.39. The molecule has 236 valence electrons. The normalized spacial score (nSPS) is 25.5. The van der Waals surface area contributed by atoms with Crippen molar-refractivity contribution in [2.75, 3.05) is 20.2 Å². The molecule has 0 radical (unpaired) electrons. The molecule has 1 unspecified atom stereocenters. The second-order valence-electron chi connectivity index (χ2n) is 10.8. The molecule has 1 amide bonds. The first-order valence-corrected chi connectivity index (χ1v) is 14.6. The number of sulfone groups is 1. The van der Waals surface area contributed by atoms with Crippen LogP contribution in [0.4, 0.5) is 35.1 Å². The SMILES string of the molecule is COC1(C(=O)N2CCC(c3ccc(C(F)(C(F)(F)F)C(F)(F)F)cc3)(S(=O)(=O)c3ccc(F)cc3)C2)CCC(C=O)CC1. The molecule has 0 bridgehead atoms. The summed E-state index contributed by atoms with van der Waals surface area (Å²) in [5, 5.41) is 0. The summed E-state index contributed by atoms with van der Waals surface area (Å²) < 4.78 is 140. The summed E-state index contributed by atoms with van der Waals surface area (Å²) in [6.45, 7) is -0.770. The minimum Gasteiger partial charge on any atom is -0.368 e. The second kappa shape index (κ2) is 11.1. The predicted molar refractivity (Wildman–Crippen MR) is 136 cm³/mol. The number of benzene rings is 2. The molecule has 2 aliphatic rings. The van der Waals surface area contributed by atoms with Gasteiger partial charge in [-0.25, -0.2) is 17.2 Å². The Labute approximate surface area is 241 Å². The molecular formula is C28H27F8NO5S. The van der Waals surface area contributed by atoms with Gasteiger partial charge in [0, 0.05) is 31.7 Å². The number of hydrogen-bond acceptors (Lipinski definition) is 5. The monoisotopic (exact) mass is 641 g/mol. The molecule has 1 saturated heterocycles. The van der Waals surface area contributed by atoms with E-state index in [1.165, 1.54) is 12.0 Å². The van der Waals surface area contributed by atoms with Crippen molar-refractivity contribution in [2.24, 2.45) is 5.92 Å². The number of likely N-dealkylation sites (tertiary alicyclic amines) is 1. The summed E-state index contributed by atoms with van der Waals surface area (Å²) >= 11 is 0. The van der Waals surface area contributed by atoms with Gasteiger partial charge in [0.1, 0.15) is 22.5 Å². The molecule has 1 heterocycles. The summed E-state index contributed by atoms with van der Waals surface area (Å²) in [7, 11) is -3.30. The van der Waals surface area contributed by atoms with E-state index in [1.807, 2.05) is 0 Å². The molecule has 15 heteroatoms. The number of carbonyl (C=O) groups excluding carboxylic acids is 2. The quantitative estimate of drug-likeness (QED) is 0.217. The first kappa shape index (κ1) is 32.8. The molecule has 1 aliphatic heterocycles. The maximum absolute atomic E-state index is 14.7. The van der Waals surface area contributed by atoms with Gasteiger partial charge < -0.3 is 14.4 Å². The molecule has 1 atom stereocenters. The van der Waals surface area contributed by atoms with E-state index in [0.717, 1.165) is 30.6 Å². The lowest BCUT2D eigenvalue weighted by atomic mass is 9.78. The Morgan fingerprint density at radius 3 is 1.91 bits per heavy atom. The summed E-state index contributed by atoms with van der Waals surface area (Å²) in [5.74, 6) is -1.65. The van der Waals surface area contributed by atoms with Gasteiger partial charge >= 0.3 is 18.0 Å². The average molecular weight is 642 g/mol. The van der Waals surface area contributed by atoms with Crippen LogP contribution in [0.1, 0.15) is 43.2 Å². The van der Waals surface area contributed by atoms with Crippen molar-refractivity contribution in [1.29, 1.82) is 0 Å². The number of hydrogen-bond donors (Lipinski definition) is 0. The third-order valence-electron chi connectivity index (χ3n) is 8.56. The molecule has 0 N–H and O–H groups in total. The Hall–Kier alpha value is -3.07. The van der Waals surface area contributed by atoms with Crippen LogP contribution in [0.15, 0.2) is 53.4 Å². The van der Waals surface area contributed by atoms with E-state index >= 15 is 0 Å². The van der Waals surface area contributed by atoms with Crippen molar-refractivity contribution >= 4 is 22.0 Å². The van der Waals surface area contributed by atoms with Gasteiger partial charge in [-0.1, -0.05) is 24.3 Å². The molecule has 1 aliphatic carbocycles. The first-order valence-electron chi connectivity index (χ1n) is 13.1. The van der Waals surface area contributed by atoms with Gasteiger partial charge in [-0.2, -0.15) is 26.3 Å². The molecular weight excluding hydrogens is 614 g/mol. The van der Waals surface area contributed by atoms with Crippen LogP contribution in [0.5, 0.6) is 0 Å². The molecule has 6 nitrogen and oxygen atoms in total. The molecule has 0 aromatic heterocycles. The van der Waals surface area contributed by atoms with Crippen molar-refractivity contribution in [3.8, 4) is 0 Å². The number of rotatable bonds is 7. The number of carbonyl (C=O) groups is 2. The number of aldehydes is 1. The fourth-order valence-corrected chi connectivity index (χ4v) is 8.01. The van der Waals surface area contributed by atoms with Crippen molar-refractivity contribution in [3.05, 3.63) is 65.5 Å². The van der Waals surface area contributed by atoms with E-state index in [0.29, 0.717) is 25.0 Å². The van der Waals surface area contributed by atoms with E-state index in [4.69, 9.17) is 4.74 Å². The van der Waals surface area contributed by atoms with E-state index in [2.05, 4.69) is 0 Å². The number of methoxy groups -OCH3 is 1. The summed E-state index contributed by atoms with van der Waals surface area (Å²) in [6, 6.07) is 5.38. The van der Waals surface area contributed by atoms with Gasteiger partial charge in [0.05, 0.1) is 4.90 Å². The molecule has 4 rings (SSSR count). The summed E-state index contributed by atoms with van der Waals surface area (Å²) in [6.07, 6.45) is -11.3. The minimum absolute atomic E-state index is 0.155. The van der Waals surface area contributed by atoms with Gasteiger partial charge in [0.15, 0.2) is 9.84 Å². The van der Waals surface area contributed by atoms with E-state index < -0.39 is 66.9 Å². The third kappa shape index (κ3) is 5.32. The Kier molecular flexibility index (Phi) is 8.50. The zero-order chi connectivity index (χ0) is 32.1. The largest absolute Gasteiger partial charge is 0.435 e. The maximum Gasteiger partial charge on any atom is 0.435 e. The van der Waals surface area contributed by atoms with Crippen LogP contribution in [0.3, 0.4) is 0 Å². The zero-order valence-corrected chi connectivity index (χ0v) is 23.5. The highest BCUT2D eigenvalue weighted by Crippen LogP contribution is 2.54. The molecule has 0 spiro atoms. The van der Waals surface area contributed by atoms with Gasteiger partial charge in [0.2, 0.25) is 0 Å². The lowest BCUT2D eigenvalue weighted by molar-refractivity contribution is -0.348. The van der Waals surface area contributed by atoms with Gasteiger partial charge in [0.25, 0.3) is 5.91 Å². The van der Waals surface area contributed by atoms with Crippen molar-refractivity contribution < 1.29 is 57.9 Å². The number of alkyl halides is 7. The second-order valence-corrected chi connectivity index (χ2v) is 13.1. The lowest BCUT2D eigenvalue weighted by Crippen LogP contribution is -2.52.